The molecule has 9 heteroatoms. The molecular formula is C17H20N6O2S. The summed E-state index contributed by atoms with van der Waals surface area (Å²) >= 11 is 1.56. The van der Waals surface area contributed by atoms with E-state index < -0.39 is 0 Å². The normalized spacial score (nSPS) is 16.6. The second-order valence-electron chi connectivity index (χ2n) is 6.78. The SMILES string of the molecule is C[C@H]1CCc2nc(NC(=O)CCn3cnc4c(cnn4C)c3=O)sc2C1. The number of anilines is 1. The van der Waals surface area contributed by atoms with Gasteiger partial charge in [-0.3, -0.25) is 18.8 Å². The van der Waals surface area contributed by atoms with E-state index in [1.807, 2.05) is 0 Å². The van der Waals surface area contributed by atoms with Crippen LogP contribution < -0.4 is 10.9 Å². The summed E-state index contributed by atoms with van der Waals surface area (Å²) in [6.07, 6.45) is 6.32. The molecule has 0 aromatic carbocycles. The molecule has 3 heterocycles. The van der Waals surface area contributed by atoms with Crippen LogP contribution in [0.25, 0.3) is 11.0 Å². The van der Waals surface area contributed by atoms with Gasteiger partial charge in [0.15, 0.2) is 10.8 Å². The highest BCUT2D eigenvalue weighted by molar-refractivity contribution is 7.15. The van der Waals surface area contributed by atoms with Gasteiger partial charge in [0.05, 0.1) is 18.2 Å². The molecule has 0 saturated heterocycles. The van der Waals surface area contributed by atoms with Gasteiger partial charge in [0.1, 0.15) is 5.39 Å². The Balaban J connectivity index is 1.42. The van der Waals surface area contributed by atoms with Crippen LogP contribution in [-0.4, -0.2) is 30.2 Å². The summed E-state index contributed by atoms with van der Waals surface area (Å²) in [6.45, 7) is 2.51. The van der Waals surface area contributed by atoms with Crippen molar-refractivity contribution in [3.8, 4) is 0 Å². The number of amides is 1. The molecule has 0 spiro atoms. The van der Waals surface area contributed by atoms with Crippen molar-refractivity contribution in [3.63, 3.8) is 0 Å². The maximum Gasteiger partial charge on any atom is 0.264 e. The zero-order chi connectivity index (χ0) is 18.3. The molecule has 1 aliphatic carbocycles. The van der Waals surface area contributed by atoms with Crippen LogP contribution >= 0.6 is 11.3 Å². The van der Waals surface area contributed by atoms with Crippen molar-refractivity contribution in [2.45, 2.75) is 39.2 Å². The van der Waals surface area contributed by atoms with Gasteiger partial charge in [-0.1, -0.05) is 6.92 Å². The molecule has 0 unspecified atom stereocenters. The van der Waals surface area contributed by atoms with E-state index in [1.165, 1.54) is 22.0 Å². The fourth-order valence-electron chi connectivity index (χ4n) is 3.22. The third-order valence-electron chi connectivity index (χ3n) is 4.73. The maximum atomic E-state index is 12.4. The Bertz CT molecular complexity index is 1030. The van der Waals surface area contributed by atoms with E-state index in [0.717, 1.165) is 25.0 Å². The minimum atomic E-state index is -0.186. The maximum absolute atomic E-state index is 12.4. The van der Waals surface area contributed by atoms with E-state index in [2.05, 4.69) is 27.3 Å². The predicted octanol–water partition coefficient (Wildman–Crippen LogP) is 1.74. The summed E-state index contributed by atoms with van der Waals surface area (Å²) in [5, 5.41) is 8.01. The molecule has 1 aliphatic rings. The number of nitrogens with one attached hydrogen (secondary N) is 1. The molecule has 3 aromatic rings. The Morgan fingerprint density at radius 1 is 1.46 bits per heavy atom. The van der Waals surface area contributed by atoms with Crippen molar-refractivity contribution in [3.05, 3.63) is 33.4 Å². The lowest BCUT2D eigenvalue weighted by atomic mass is 9.93. The number of nitrogens with zero attached hydrogens (tertiary/aromatic N) is 5. The van der Waals surface area contributed by atoms with Crippen molar-refractivity contribution in [2.75, 3.05) is 5.32 Å². The van der Waals surface area contributed by atoms with Crippen LogP contribution in [0.3, 0.4) is 0 Å². The minimum Gasteiger partial charge on any atom is -0.302 e. The summed E-state index contributed by atoms with van der Waals surface area (Å²) in [7, 11) is 1.74. The molecule has 1 atom stereocenters. The molecule has 4 rings (SSSR count). The molecule has 0 saturated carbocycles. The number of hydrogen-bond acceptors (Lipinski definition) is 6. The average molecular weight is 372 g/mol. The van der Waals surface area contributed by atoms with Crippen molar-refractivity contribution in [2.24, 2.45) is 13.0 Å². The quantitative estimate of drug-likeness (QED) is 0.753. The van der Waals surface area contributed by atoms with Gasteiger partial charge in [-0.05, 0) is 25.2 Å². The Kier molecular flexibility index (Phi) is 4.31. The molecule has 0 radical (unpaired) electrons. The van der Waals surface area contributed by atoms with Crippen LogP contribution in [0.5, 0.6) is 0 Å². The fourth-order valence-corrected chi connectivity index (χ4v) is 4.41. The van der Waals surface area contributed by atoms with Gasteiger partial charge in [0, 0.05) is 24.9 Å². The van der Waals surface area contributed by atoms with Crippen LogP contribution in [0.2, 0.25) is 0 Å². The first kappa shape index (κ1) is 16.9. The number of aryl methyl sites for hydroxylation is 3. The second kappa shape index (κ2) is 6.64. The van der Waals surface area contributed by atoms with Gasteiger partial charge in [0.2, 0.25) is 5.91 Å². The van der Waals surface area contributed by atoms with Gasteiger partial charge < -0.3 is 5.32 Å². The van der Waals surface area contributed by atoms with Crippen LogP contribution in [-0.2, 0) is 31.2 Å². The standard InChI is InChI=1S/C17H20N6O2S/c1-10-3-4-12-13(7-10)26-17(20-12)21-14(24)5-6-23-9-18-15-11(16(23)25)8-19-22(15)2/h8-10H,3-7H2,1-2H3,(H,20,21,24)/t10-/m0/s1. The number of rotatable bonds is 4. The number of thiazole rings is 1. The first-order valence-corrected chi connectivity index (χ1v) is 9.48. The molecule has 3 aromatic heterocycles. The molecule has 136 valence electrons. The van der Waals surface area contributed by atoms with Crippen molar-refractivity contribution in [1.29, 1.82) is 0 Å². The topological polar surface area (TPSA) is 94.7 Å². The lowest BCUT2D eigenvalue weighted by molar-refractivity contribution is -0.116. The third-order valence-corrected chi connectivity index (χ3v) is 5.77. The van der Waals surface area contributed by atoms with Crippen LogP contribution in [0.1, 0.15) is 30.3 Å². The highest BCUT2D eigenvalue weighted by Crippen LogP contribution is 2.32. The first-order chi connectivity index (χ1) is 12.5. The summed E-state index contributed by atoms with van der Waals surface area (Å²) in [5.74, 6) is 0.524. The van der Waals surface area contributed by atoms with Crippen LogP contribution in [0.15, 0.2) is 17.3 Å². The summed E-state index contributed by atoms with van der Waals surface area (Å²) in [4.78, 5) is 34.7. The summed E-state index contributed by atoms with van der Waals surface area (Å²) in [6, 6.07) is 0. The molecule has 8 nitrogen and oxygen atoms in total. The van der Waals surface area contributed by atoms with E-state index in [1.54, 1.807) is 23.1 Å². The van der Waals surface area contributed by atoms with Gasteiger partial charge >= 0.3 is 0 Å². The van der Waals surface area contributed by atoms with E-state index in [-0.39, 0.29) is 24.4 Å². The monoisotopic (exact) mass is 372 g/mol. The van der Waals surface area contributed by atoms with Gasteiger partial charge in [-0.25, -0.2) is 9.97 Å². The zero-order valence-corrected chi connectivity index (χ0v) is 15.5. The van der Waals surface area contributed by atoms with Crippen molar-refractivity contribution >= 4 is 33.4 Å². The molecule has 0 fully saturated rings. The zero-order valence-electron chi connectivity index (χ0n) is 14.7. The lowest BCUT2D eigenvalue weighted by Crippen LogP contribution is -2.23. The average Bonchev–Trinajstić information content (AvgIpc) is 3.17. The third kappa shape index (κ3) is 3.14. The Morgan fingerprint density at radius 2 is 2.31 bits per heavy atom. The first-order valence-electron chi connectivity index (χ1n) is 8.67. The lowest BCUT2D eigenvalue weighted by Gasteiger charge is -2.15. The molecule has 26 heavy (non-hydrogen) atoms. The highest BCUT2D eigenvalue weighted by Gasteiger charge is 2.20. The van der Waals surface area contributed by atoms with E-state index >= 15 is 0 Å². The smallest absolute Gasteiger partial charge is 0.264 e. The fraction of sp³-hybridized carbons (Fsp3) is 0.471. The van der Waals surface area contributed by atoms with E-state index in [4.69, 9.17) is 0 Å². The molecule has 1 amide bonds. The van der Waals surface area contributed by atoms with E-state index in [9.17, 15) is 9.59 Å². The minimum absolute atomic E-state index is 0.151. The second-order valence-corrected chi connectivity index (χ2v) is 7.87. The largest absolute Gasteiger partial charge is 0.302 e. The van der Waals surface area contributed by atoms with E-state index in [0.29, 0.717) is 22.1 Å². The highest BCUT2D eigenvalue weighted by atomic mass is 32.1. The number of hydrogen-bond donors (Lipinski definition) is 1. The van der Waals surface area contributed by atoms with Crippen LogP contribution in [0.4, 0.5) is 5.13 Å². The predicted molar refractivity (Wildman–Crippen MR) is 99.3 cm³/mol. The van der Waals surface area contributed by atoms with Gasteiger partial charge in [-0.2, -0.15) is 5.10 Å². The molecule has 0 aliphatic heterocycles. The number of carbonyl (C=O) groups is 1. The number of aromatic nitrogens is 5. The number of carbonyl (C=O) groups excluding carboxylic acids is 1. The van der Waals surface area contributed by atoms with Gasteiger partial charge in [0.25, 0.3) is 5.56 Å². The van der Waals surface area contributed by atoms with Crippen molar-refractivity contribution < 1.29 is 4.79 Å². The van der Waals surface area contributed by atoms with Crippen LogP contribution in [0, 0.1) is 5.92 Å². The Hall–Kier alpha value is -2.55. The Morgan fingerprint density at radius 3 is 3.15 bits per heavy atom. The summed E-state index contributed by atoms with van der Waals surface area (Å²) in [5.41, 5.74) is 1.47. The van der Waals surface area contributed by atoms with Crippen molar-refractivity contribution in [1.82, 2.24) is 24.3 Å². The summed E-state index contributed by atoms with van der Waals surface area (Å²) < 4.78 is 3.00. The Labute approximate surface area is 153 Å². The molecule has 1 N–H and O–H groups in total. The van der Waals surface area contributed by atoms with Gasteiger partial charge in [-0.15, -0.1) is 11.3 Å². The molecule has 0 bridgehead atoms. The number of fused-ring (bicyclic) bond motifs is 2. The molecular weight excluding hydrogens is 352 g/mol.